The molecule has 41 heavy (non-hydrogen) atoms. The zero-order valence-electron chi connectivity index (χ0n) is 25.3. The van der Waals surface area contributed by atoms with E-state index in [1.54, 1.807) is 30.3 Å². The number of carbonyl (C=O) groups is 3. The predicted molar refractivity (Wildman–Crippen MR) is 163 cm³/mol. The van der Waals surface area contributed by atoms with Crippen LogP contribution in [0.25, 0.3) is 0 Å². The monoisotopic (exact) mass is 564 g/mol. The molecule has 2 aromatic rings. The number of fused-ring (bicyclic) bond motifs is 1. The number of aliphatic hydroxyl groups excluding tert-OH is 1. The van der Waals surface area contributed by atoms with E-state index in [2.05, 4.69) is 19.2 Å². The SMILES string of the molecule is CCCCCCCC(=O)NC1(c2ccc(C(C)C)cc2OC(=O)CCCCCCC)C(=O)c2cccc(N)c2C1O. The van der Waals surface area contributed by atoms with Crippen LogP contribution in [0.15, 0.2) is 36.4 Å². The molecule has 2 atom stereocenters. The lowest BCUT2D eigenvalue weighted by Gasteiger charge is -2.34. The molecule has 2 unspecified atom stereocenters. The van der Waals surface area contributed by atoms with E-state index in [4.69, 9.17) is 10.5 Å². The summed E-state index contributed by atoms with van der Waals surface area (Å²) < 4.78 is 5.93. The number of esters is 1. The van der Waals surface area contributed by atoms with Gasteiger partial charge in [-0.1, -0.05) is 103 Å². The molecule has 7 heteroatoms. The smallest absolute Gasteiger partial charge is 0.311 e. The number of ether oxygens (including phenoxy) is 1. The minimum Gasteiger partial charge on any atom is -0.426 e. The zero-order valence-corrected chi connectivity index (χ0v) is 25.3. The second kappa shape index (κ2) is 15.2. The molecule has 2 aromatic carbocycles. The number of hydrogen-bond donors (Lipinski definition) is 3. The molecule has 4 N–H and O–H groups in total. The van der Waals surface area contributed by atoms with Gasteiger partial charge in [0.05, 0.1) is 0 Å². The maximum Gasteiger partial charge on any atom is 0.311 e. The summed E-state index contributed by atoms with van der Waals surface area (Å²) in [6.45, 7) is 8.32. The summed E-state index contributed by atoms with van der Waals surface area (Å²) in [5.41, 5.74) is 6.34. The number of nitrogens with two attached hydrogens (primary N) is 1. The van der Waals surface area contributed by atoms with Crippen LogP contribution in [0.5, 0.6) is 5.75 Å². The number of aliphatic hydroxyl groups is 1. The van der Waals surface area contributed by atoms with Crippen LogP contribution in [-0.4, -0.2) is 22.8 Å². The molecule has 0 aliphatic heterocycles. The van der Waals surface area contributed by atoms with Crippen molar-refractivity contribution < 1.29 is 24.2 Å². The summed E-state index contributed by atoms with van der Waals surface area (Å²) in [7, 11) is 0. The molecule has 1 aliphatic carbocycles. The Morgan fingerprint density at radius 2 is 1.59 bits per heavy atom. The lowest BCUT2D eigenvalue weighted by Crippen LogP contribution is -2.53. The van der Waals surface area contributed by atoms with Gasteiger partial charge in [-0.15, -0.1) is 0 Å². The molecule has 0 heterocycles. The Bertz CT molecular complexity index is 1210. The molecule has 0 saturated carbocycles. The summed E-state index contributed by atoms with van der Waals surface area (Å²) in [6, 6.07) is 10.2. The summed E-state index contributed by atoms with van der Waals surface area (Å²) in [5, 5.41) is 14.7. The Hall–Kier alpha value is -3.19. The second-order valence-electron chi connectivity index (χ2n) is 11.6. The molecule has 0 spiro atoms. The molecule has 0 aromatic heterocycles. The van der Waals surface area contributed by atoms with E-state index < -0.39 is 23.4 Å². The maximum atomic E-state index is 14.2. The van der Waals surface area contributed by atoms with Gasteiger partial charge in [-0.25, -0.2) is 0 Å². The Labute approximate surface area is 245 Å². The number of carbonyl (C=O) groups excluding carboxylic acids is 3. The van der Waals surface area contributed by atoms with E-state index in [9.17, 15) is 19.5 Å². The van der Waals surface area contributed by atoms with Crippen LogP contribution < -0.4 is 15.8 Å². The van der Waals surface area contributed by atoms with Crippen molar-refractivity contribution >= 4 is 23.3 Å². The Morgan fingerprint density at radius 3 is 2.20 bits per heavy atom. The van der Waals surface area contributed by atoms with Gasteiger partial charge >= 0.3 is 5.97 Å². The van der Waals surface area contributed by atoms with Gasteiger partial charge in [0.1, 0.15) is 11.9 Å². The number of unbranched alkanes of at least 4 members (excludes halogenated alkanes) is 8. The molecule has 0 bridgehead atoms. The number of amides is 1. The Balaban J connectivity index is 2.01. The molecule has 7 nitrogen and oxygen atoms in total. The number of benzene rings is 2. The standard InChI is InChI=1S/C34H48N2O5/c1-5-7-9-11-13-18-29(37)36-34(32(39)25-16-15-17-27(35)31(25)33(34)40)26-21-20-24(23(3)4)22-28(26)41-30(38)19-14-12-10-8-6-2/h15-17,20-23,33,40H,5-14,18-19,35H2,1-4H3,(H,36,37). The number of nitrogens with one attached hydrogen (secondary N) is 1. The summed E-state index contributed by atoms with van der Waals surface area (Å²) >= 11 is 0. The van der Waals surface area contributed by atoms with E-state index in [1.165, 1.54) is 0 Å². The third-order valence-electron chi connectivity index (χ3n) is 8.08. The quantitative estimate of drug-likeness (QED) is 0.0854. The first-order valence-corrected chi connectivity index (χ1v) is 15.4. The van der Waals surface area contributed by atoms with Crippen LogP contribution in [0.1, 0.15) is 144 Å². The van der Waals surface area contributed by atoms with Gasteiger partial charge < -0.3 is 20.9 Å². The van der Waals surface area contributed by atoms with Gasteiger partial charge in [0.15, 0.2) is 11.3 Å². The number of Topliss-reactive ketones (excluding diaryl/α,β-unsaturated/α-hetero) is 1. The first-order valence-electron chi connectivity index (χ1n) is 15.4. The van der Waals surface area contributed by atoms with Crippen LogP contribution >= 0.6 is 0 Å². The number of ketones is 1. The lowest BCUT2D eigenvalue weighted by molar-refractivity contribution is -0.134. The van der Waals surface area contributed by atoms with Crippen molar-refractivity contribution in [3.8, 4) is 5.75 Å². The van der Waals surface area contributed by atoms with Gasteiger partial charge in [0.25, 0.3) is 0 Å². The molecule has 224 valence electrons. The lowest BCUT2D eigenvalue weighted by atomic mass is 9.81. The van der Waals surface area contributed by atoms with Gasteiger partial charge in [0.2, 0.25) is 5.91 Å². The average Bonchev–Trinajstić information content (AvgIpc) is 3.15. The zero-order chi connectivity index (χ0) is 30.0. The van der Waals surface area contributed by atoms with Crippen LogP contribution in [-0.2, 0) is 15.1 Å². The van der Waals surface area contributed by atoms with Gasteiger partial charge in [-0.3, -0.25) is 14.4 Å². The average molecular weight is 565 g/mol. The van der Waals surface area contributed by atoms with E-state index in [1.807, 2.05) is 19.9 Å². The normalized spacial score (nSPS) is 18.0. The third kappa shape index (κ3) is 7.56. The van der Waals surface area contributed by atoms with Crippen molar-refractivity contribution in [2.24, 2.45) is 0 Å². The first-order chi connectivity index (χ1) is 19.7. The summed E-state index contributed by atoms with van der Waals surface area (Å²) in [6.07, 6.45) is 8.78. The Morgan fingerprint density at radius 1 is 0.951 bits per heavy atom. The van der Waals surface area contributed by atoms with Crippen LogP contribution in [0, 0.1) is 0 Å². The Kier molecular flexibility index (Phi) is 11.9. The van der Waals surface area contributed by atoms with E-state index in [0.717, 1.165) is 56.9 Å². The van der Waals surface area contributed by atoms with E-state index >= 15 is 0 Å². The van der Waals surface area contributed by atoms with Gasteiger partial charge in [0, 0.05) is 35.2 Å². The van der Waals surface area contributed by atoms with Crippen molar-refractivity contribution in [2.75, 3.05) is 5.73 Å². The molecule has 1 aliphatic rings. The second-order valence-corrected chi connectivity index (χ2v) is 11.6. The highest BCUT2D eigenvalue weighted by Crippen LogP contribution is 2.50. The summed E-state index contributed by atoms with van der Waals surface area (Å²) in [4.78, 5) is 40.6. The van der Waals surface area contributed by atoms with E-state index in [-0.39, 0.29) is 52.8 Å². The number of anilines is 1. The molecule has 0 fully saturated rings. The fourth-order valence-corrected chi connectivity index (χ4v) is 5.63. The maximum absolute atomic E-state index is 14.2. The molecular formula is C34H48N2O5. The highest BCUT2D eigenvalue weighted by Gasteiger charge is 2.57. The number of rotatable bonds is 16. The largest absolute Gasteiger partial charge is 0.426 e. The van der Waals surface area contributed by atoms with Crippen molar-refractivity contribution in [2.45, 2.75) is 122 Å². The van der Waals surface area contributed by atoms with Gasteiger partial charge in [-0.2, -0.15) is 0 Å². The third-order valence-corrected chi connectivity index (χ3v) is 8.08. The fraction of sp³-hybridized carbons (Fsp3) is 0.559. The van der Waals surface area contributed by atoms with Crippen molar-refractivity contribution in [3.63, 3.8) is 0 Å². The van der Waals surface area contributed by atoms with Crippen molar-refractivity contribution in [1.82, 2.24) is 5.32 Å². The van der Waals surface area contributed by atoms with Crippen LogP contribution in [0.4, 0.5) is 5.69 Å². The van der Waals surface area contributed by atoms with Crippen LogP contribution in [0.2, 0.25) is 0 Å². The van der Waals surface area contributed by atoms with Crippen molar-refractivity contribution in [3.05, 3.63) is 58.7 Å². The van der Waals surface area contributed by atoms with E-state index in [0.29, 0.717) is 12.8 Å². The summed E-state index contributed by atoms with van der Waals surface area (Å²) in [5.74, 6) is -0.918. The number of nitrogen functional groups attached to an aromatic ring is 1. The highest BCUT2D eigenvalue weighted by atomic mass is 16.5. The van der Waals surface area contributed by atoms with Gasteiger partial charge in [-0.05, 0) is 36.5 Å². The first kappa shape index (κ1) is 32.3. The number of hydrogen-bond acceptors (Lipinski definition) is 6. The molecule has 0 saturated heterocycles. The molecule has 3 rings (SSSR count). The molecular weight excluding hydrogens is 516 g/mol. The topological polar surface area (TPSA) is 119 Å². The molecule has 0 radical (unpaired) electrons. The van der Waals surface area contributed by atoms with Crippen LogP contribution in [0.3, 0.4) is 0 Å². The molecule has 1 amide bonds. The minimum absolute atomic E-state index is 0.126. The predicted octanol–water partition coefficient (Wildman–Crippen LogP) is 7.26. The minimum atomic E-state index is -1.87. The highest BCUT2D eigenvalue weighted by molar-refractivity contribution is 6.12. The van der Waals surface area contributed by atoms with Crippen molar-refractivity contribution in [1.29, 1.82) is 0 Å². The fourth-order valence-electron chi connectivity index (χ4n) is 5.63.